The molecule has 0 aromatic heterocycles. The normalized spacial score (nSPS) is 19.0. The summed E-state index contributed by atoms with van der Waals surface area (Å²) in [6, 6.07) is 6.93. The van der Waals surface area contributed by atoms with E-state index in [1.54, 1.807) is 13.2 Å². The van der Waals surface area contributed by atoms with Gasteiger partial charge in [-0.1, -0.05) is 18.2 Å². The Balaban J connectivity index is 2.32. The van der Waals surface area contributed by atoms with Gasteiger partial charge >= 0.3 is 0 Å². The average molecular weight is 195 g/mol. The molecule has 0 unspecified atom stereocenters. The molecule has 3 heteroatoms. The first-order chi connectivity index (χ1) is 6.78. The van der Waals surface area contributed by atoms with Gasteiger partial charge in [-0.15, -0.1) is 0 Å². The predicted molar refractivity (Wildman–Crippen MR) is 52.8 cm³/mol. The monoisotopic (exact) mass is 195 g/mol. The van der Waals surface area contributed by atoms with Crippen LogP contribution in [-0.2, 0) is 10.2 Å². The van der Waals surface area contributed by atoms with Crippen molar-refractivity contribution in [3.63, 3.8) is 0 Å². The Labute approximate surface area is 83.1 Å². The molecular formula is C11H14FNO. The number of benzene rings is 1. The summed E-state index contributed by atoms with van der Waals surface area (Å²) in [6.07, 6.45) is 0. The van der Waals surface area contributed by atoms with Crippen molar-refractivity contribution in [2.24, 2.45) is 0 Å². The van der Waals surface area contributed by atoms with Gasteiger partial charge in [0.25, 0.3) is 0 Å². The van der Waals surface area contributed by atoms with Gasteiger partial charge in [-0.2, -0.15) is 0 Å². The summed E-state index contributed by atoms with van der Waals surface area (Å²) in [7, 11) is 1.65. The highest BCUT2D eigenvalue weighted by molar-refractivity contribution is 5.31. The van der Waals surface area contributed by atoms with Gasteiger partial charge in [0.2, 0.25) is 0 Å². The Morgan fingerprint density at radius 3 is 2.64 bits per heavy atom. The van der Waals surface area contributed by atoms with Crippen LogP contribution in [0.4, 0.5) is 4.39 Å². The summed E-state index contributed by atoms with van der Waals surface area (Å²) < 4.78 is 18.7. The number of hydrogen-bond acceptors (Lipinski definition) is 2. The summed E-state index contributed by atoms with van der Waals surface area (Å²) in [5.74, 6) is -0.133. The zero-order chi connectivity index (χ0) is 10.0. The first kappa shape index (κ1) is 9.62. The van der Waals surface area contributed by atoms with E-state index in [9.17, 15) is 4.39 Å². The van der Waals surface area contributed by atoms with Crippen molar-refractivity contribution in [2.75, 3.05) is 26.8 Å². The molecule has 1 aliphatic rings. The molecule has 1 saturated heterocycles. The molecule has 1 N–H and O–H groups in total. The minimum absolute atomic E-state index is 0.133. The van der Waals surface area contributed by atoms with E-state index in [0.717, 1.165) is 18.7 Å². The molecule has 14 heavy (non-hydrogen) atoms. The molecule has 0 aliphatic carbocycles. The van der Waals surface area contributed by atoms with Crippen LogP contribution in [0.15, 0.2) is 24.3 Å². The third-order valence-electron chi connectivity index (χ3n) is 2.79. The second-order valence-electron chi connectivity index (χ2n) is 3.80. The lowest BCUT2D eigenvalue weighted by Crippen LogP contribution is -2.59. The van der Waals surface area contributed by atoms with Crippen molar-refractivity contribution in [3.8, 4) is 0 Å². The molecule has 1 aromatic carbocycles. The highest BCUT2D eigenvalue weighted by Gasteiger charge is 2.40. The van der Waals surface area contributed by atoms with Gasteiger partial charge in [0.05, 0.1) is 6.61 Å². The smallest absolute Gasteiger partial charge is 0.127 e. The van der Waals surface area contributed by atoms with Crippen LogP contribution in [-0.4, -0.2) is 26.8 Å². The van der Waals surface area contributed by atoms with Crippen molar-refractivity contribution in [2.45, 2.75) is 5.41 Å². The first-order valence-corrected chi connectivity index (χ1v) is 4.73. The van der Waals surface area contributed by atoms with Gasteiger partial charge in [0.1, 0.15) is 5.82 Å². The molecule has 0 atom stereocenters. The maximum atomic E-state index is 13.5. The molecule has 0 saturated carbocycles. The highest BCUT2D eigenvalue weighted by atomic mass is 19.1. The summed E-state index contributed by atoms with van der Waals surface area (Å²) in [6.45, 7) is 2.16. The van der Waals surface area contributed by atoms with E-state index in [1.807, 2.05) is 12.1 Å². The molecule has 0 amide bonds. The molecule has 2 nitrogen and oxygen atoms in total. The maximum Gasteiger partial charge on any atom is 0.127 e. The zero-order valence-electron chi connectivity index (χ0n) is 8.22. The largest absolute Gasteiger partial charge is 0.384 e. The topological polar surface area (TPSA) is 21.3 Å². The second-order valence-corrected chi connectivity index (χ2v) is 3.80. The summed E-state index contributed by atoms with van der Waals surface area (Å²) in [5.41, 5.74) is 0.612. The van der Waals surface area contributed by atoms with Crippen molar-refractivity contribution in [1.82, 2.24) is 5.32 Å². The molecule has 1 heterocycles. The fraction of sp³-hybridized carbons (Fsp3) is 0.455. The van der Waals surface area contributed by atoms with Crippen molar-refractivity contribution in [3.05, 3.63) is 35.6 Å². The van der Waals surface area contributed by atoms with Crippen molar-refractivity contribution >= 4 is 0 Å². The van der Waals surface area contributed by atoms with Crippen LogP contribution in [0.25, 0.3) is 0 Å². The number of rotatable bonds is 3. The minimum Gasteiger partial charge on any atom is -0.384 e. The highest BCUT2D eigenvalue weighted by Crippen LogP contribution is 2.30. The Morgan fingerprint density at radius 2 is 2.14 bits per heavy atom. The van der Waals surface area contributed by atoms with Crippen LogP contribution in [0.5, 0.6) is 0 Å². The molecule has 2 rings (SSSR count). The van der Waals surface area contributed by atoms with Gasteiger partial charge < -0.3 is 10.1 Å². The molecule has 76 valence electrons. The third-order valence-corrected chi connectivity index (χ3v) is 2.79. The van der Waals surface area contributed by atoms with Crippen molar-refractivity contribution in [1.29, 1.82) is 0 Å². The molecule has 0 spiro atoms. The Hall–Kier alpha value is -0.930. The average Bonchev–Trinajstić information content (AvgIpc) is 2.13. The Kier molecular flexibility index (Phi) is 2.52. The Bertz CT molecular complexity index is 323. The van der Waals surface area contributed by atoms with E-state index >= 15 is 0 Å². The van der Waals surface area contributed by atoms with E-state index in [1.165, 1.54) is 6.07 Å². The second kappa shape index (κ2) is 3.67. The van der Waals surface area contributed by atoms with E-state index in [-0.39, 0.29) is 11.2 Å². The van der Waals surface area contributed by atoms with Crippen LogP contribution >= 0.6 is 0 Å². The lowest BCUT2D eigenvalue weighted by atomic mass is 9.76. The fourth-order valence-electron chi connectivity index (χ4n) is 1.96. The van der Waals surface area contributed by atoms with Gasteiger partial charge in [-0.05, 0) is 11.6 Å². The molecule has 1 aromatic rings. The summed E-state index contributed by atoms with van der Waals surface area (Å²) in [4.78, 5) is 0. The van der Waals surface area contributed by atoms with Gasteiger partial charge in [0, 0.05) is 25.6 Å². The molecule has 1 fully saturated rings. The number of methoxy groups -OCH3 is 1. The van der Waals surface area contributed by atoms with Crippen LogP contribution in [0.1, 0.15) is 5.56 Å². The minimum atomic E-state index is -0.153. The number of halogens is 1. The molecule has 0 radical (unpaired) electrons. The van der Waals surface area contributed by atoms with Crippen LogP contribution in [0.2, 0.25) is 0 Å². The van der Waals surface area contributed by atoms with Crippen LogP contribution in [0.3, 0.4) is 0 Å². The van der Waals surface area contributed by atoms with Gasteiger partial charge in [0.15, 0.2) is 0 Å². The fourth-order valence-corrected chi connectivity index (χ4v) is 1.96. The van der Waals surface area contributed by atoms with Crippen LogP contribution < -0.4 is 5.32 Å². The van der Waals surface area contributed by atoms with Crippen molar-refractivity contribution < 1.29 is 9.13 Å². The first-order valence-electron chi connectivity index (χ1n) is 4.73. The molecule has 1 aliphatic heterocycles. The Morgan fingerprint density at radius 1 is 1.43 bits per heavy atom. The number of hydrogen-bond donors (Lipinski definition) is 1. The van der Waals surface area contributed by atoms with E-state index < -0.39 is 0 Å². The lowest BCUT2D eigenvalue weighted by Gasteiger charge is -2.42. The number of ether oxygens (including phenoxy) is 1. The van der Waals surface area contributed by atoms with E-state index in [4.69, 9.17) is 4.74 Å². The summed E-state index contributed by atoms with van der Waals surface area (Å²) in [5, 5.41) is 3.17. The zero-order valence-corrected chi connectivity index (χ0v) is 8.22. The van der Waals surface area contributed by atoms with Gasteiger partial charge in [-0.3, -0.25) is 0 Å². The quantitative estimate of drug-likeness (QED) is 0.785. The van der Waals surface area contributed by atoms with Crippen LogP contribution in [0, 0.1) is 5.82 Å². The van der Waals surface area contributed by atoms with E-state index in [0.29, 0.717) is 6.61 Å². The third kappa shape index (κ3) is 1.42. The summed E-state index contributed by atoms with van der Waals surface area (Å²) >= 11 is 0. The van der Waals surface area contributed by atoms with Gasteiger partial charge in [-0.25, -0.2) is 4.39 Å². The number of nitrogens with one attached hydrogen (secondary N) is 1. The molecule has 0 bridgehead atoms. The SMILES string of the molecule is COCC1(c2ccccc2F)CNC1. The molecular weight excluding hydrogens is 181 g/mol. The van der Waals surface area contributed by atoms with E-state index in [2.05, 4.69) is 5.32 Å². The standard InChI is InChI=1S/C11H14FNO/c1-14-8-11(6-13-7-11)9-4-2-3-5-10(9)12/h2-5,13H,6-8H2,1H3. The maximum absolute atomic E-state index is 13.5. The predicted octanol–water partition coefficient (Wildman–Crippen LogP) is 1.31. The lowest BCUT2D eigenvalue weighted by molar-refractivity contribution is 0.0923.